The molecule has 0 saturated carbocycles. The van der Waals surface area contributed by atoms with Gasteiger partial charge in [-0.3, -0.25) is 9.80 Å². The topological polar surface area (TPSA) is 42.1 Å². The number of piperazine rings is 1. The molecule has 0 radical (unpaired) electrons. The van der Waals surface area contributed by atoms with Crippen LogP contribution in [0.25, 0.3) is 0 Å². The highest BCUT2D eigenvalue weighted by Gasteiger charge is 2.39. The molecule has 12 heteroatoms. The molecule has 2 heterocycles. The van der Waals surface area contributed by atoms with Gasteiger partial charge in [-0.15, -0.1) is 0 Å². The summed E-state index contributed by atoms with van der Waals surface area (Å²) in [6.45, 7) is 11.1. The number of benzene rings is 2. The Labute approximate surface area is 224 Å². The molecule has 0 aliphatic carbocycles. The molecule has 2 aliphatic heterocycles. The van der Waals surface area contributed by atoms with Crippen LogP contribution < -0.4 is 10.2 Å². The third-order valence-corrected chi connectivity index (χ3v) is 7.38. The van der Waals surface area contributed by atoms with Crippen molar-refractivity contribution < 1.29 is 31.1 Å². The summed E-state index contributed by atoms with van der Waals surface area (Å²) in [4.78, 5) is 20.9. The molecule has 0 unspecified atom stereocenters. The average Bonchev–Trinajstić information content (AvgIpc) is 2.84. The number of rotatable bonds is 7. The van der Waals surface area contributed by atoms with Crippen LogP contribution in [0.1, 0.15) is 30.5 Å². The molecule has 6 nitrogen and oxygen atoms in total. The number of carbonyl (C=O) groups excluding carboxylic acids is 1. The van der Waals surface area contributed by atoms with Gasteiger partial charge < -0.3 is 15.1 Å². The highest BCUT2D eigenvalue weighted by molar-refractivity contribution is 5.90. The fourth-order valence-corrected chi connectivity index (χ4v) is 5.03. The summed E-state index contributed by atoms with van der Waals surface area (Å²) < 4.78 is 78.5. The Hall–Kier alpha value is -2.99. The van der Waals surface area contributed by atoms with Gasteiger partial charge in [0.05, 0.1) is 11.1 Å². The second kappa shape index (κ2) is 11.6. The number of nitrogens with one attached hydrogen (secondary N) is 1. The Morgan fingerprint density at radius 2 is 1.41 bits per heavy atom. The molecular weight excluding hydrogens is 524 g/mol. The summed E-state index contributed by atoms with van der Waals surface area (Å²) in [5.41, 5.74) is -1.02. The molecule has 2 aromatic rings. The number of hydrogen-bond acceptors (Lipinski definition) is 4. The van der Waals surface area contributed by atoms with Gasteiger partial charge in [0.25, 0.3) is 0 Å². The summed E-state index contributed by atoms with van der Waals surface area (Å²) in [7, 11) is 0. The van der Waals surface area contributed by atoms with Crippen LogP contribution in [-0.4, -0.2) is 79.1 Å². The molecule has 1 N–H and O–H groups in total. The number of carbonyl (C=O) groups is 1. The Balaban J connectivity index is 1.25. The highest BCUT2D eigenvalue weighted by atomic mass is 19.4. The SMILES string of the molecule is CCN(CC)c1ccc(CN2CCN(C3CN(C(=O)Nc4cc(C(F)(F)F)cc(C(F)(F)F)c4)C3)CC2)cc1. The minimum Gasteiger partial charge on any atom is -0.372 e. The summed E-state index contributed by atoms with van der Waals surface area (Å²) >= 11 is 0. The van der Waals surface area contributed by atoms with Crippen LogP contribution in [-0.2, 0) is 18.9 Å². The van der Waals surface area contributed by atoms with Crippen molar-refractivity contribution in [2.45, 2.75) is 38.8 Å². The van der Waals surface area contributed by atoms with E-state index in [0.717, 1.165) is 45.8 Å². The number of urea groups is 1. The van der Waals surface area contributed by atoms with E-state index in [1.807, 2.05) is 0 Å². The molecule has 0 aromatic heterocycles. The first-order valence-corrected chi connectivity index (χ1v) is 13.0. The highest BCUT2D eigenvalue weighted by Crippen LogP contribution is 2.37. The van der Waals surface area contributed by atoms with E-state index in [1.165, 1.54) is 16.2 Å². The minimum atomic E-state index is -4.97. The third kappa shape index (κ3) is 7.16. The van der Waals surface area contributed by atoms with Crippen molar-refractivity contribution in [1.82, 2.24) is 14.7 Å². The lowest BCUT2D eigenvalue weighted by molar-refractivity contribution is -0.143. The van der Waals surface area contributed by atoms with E-state index >= 15 is 0 Å². The first kappa shape index (κ1) is 29.0. The monoisotopic (exact) mass is 557 g/mol. The van der Waals surface area contributed by atoms with Gasteiger partial charge in [0.2, 0.25) is 0 Å². The van der Waals surface area contributed by atoms with Crippen LogP contribution in [0.5, 0.6) is 0 Å². The Kier molecular flexibility index (Phi) is 8.65. The van der Waals surface area contributed by atoms with Crippen LogP contribution in [0.4, 0.5) is 42.5 Å². The molecule has 2 aliphatic rings. The molecular formula is C27H33F6N5O. The summed E-state index contributed by atoms with van der Waals surface area (Å²) in [5, 5.41) is 2.20. The largest absolute Gasteiger partial charge is 0.416 e. The maximum atomic E-state index is 13.1. The van der Waals surface area contributed by atoms with Crippen LogP contribution >= 0.6 is 0 Å². The number of hydrogen-bond donors (Lipinski definition) is 1. The maximum absolute atomic E-state index is 13.1. The number of nitrogens with zero attached hydrogens (tertiary/aromatic N) is 4. The summed E-state index contributed by atoms with van der Waals surface area (Å²) in [6, 6.07) is 9.07. The maximum Gasteiger partial charge on any atom is 0.416 e. The van der Waals surface area contributed by atoms with Gasteiger partial charge in [-0.05, 0) is 49.7 Å². The van der Waals surface area contributed by atoms with Gasteiger partial charge in [-0.1, -0.05) is 12.1 Å². The lowest BCUT2D eigenvalue weighted by atomic mass is 10.1. The molecule has 2 aromatic carbocycles. The van der Waals surface area contributed by atoms with Gasteiger partial charge >= 0.3 is 18.4 Å². The third-order valence-electron chi connectivity index (χ3n) is 7.38. The van der Waals surface area contributed by atoms with E-state index in [1.54, 1.807) is 0 Å². The standard InChI is InChI=1S/C27H33F6N5O/c1-3-36(4-2)23-7-5-19(6-8-23)16-35-9-11-37(12-10-35)24-17-38(18-24)25(39)34-22-14-20(26(28,29)30)13-21(15-22)27(31,32)33/h5-8,13-15,24H,3-4,9-12,16-18H2,1-2H3,(H,34,39). The molecule has 39 heavy (non-hydrogen) atoms. The van der Waals surface area contributed by atoms with E-state index in [2.05, 4.69) is 58.1 Å². The molecule has 2 fully saturated rings. The van der Waals surface area contributed by atoms with Crippen LogP contribution in [0.2, 0.25) is 0 Å². The fraction of sp³-hybridized carbons (Fsp3) is 0.519. The molecule has 214 valence electrons. The van der Waals surface area contributed by atoms with Gasteiger partial charge in [0.15, 0.2) is 0 Å². The van der Waals surface area contributed by atoms with Crippen molar-refractivity contribution in [2.24, 2.45) is 0 Å². The quantitative estimate of drug-likeness (QED) is 0.450. The van der Waals surface area contributed by atoms with E-state index in [0.29, 0.717) is 25.2 Å². The van der Waals surface area contributed by atoms with Crippen LogP contribution in [0.3, 0.4) is 0 Å². The van der Waals surface area contributed by atoms with Crippen molar-refractivity contribution in [3.63, 3.8) is 0 Å². The molecule has 0 atom stereocenters. The van der Waals surface area contributed by atoms with Crippen molar-refractivity contribution in [3.05, 3.63) is 59.2 Å². The number of likely N-dealkylation sites (tertiary alicyclic amines) is 1. The van der Waals surface area contributed by atoms with Crippen LogP contribution in [0.15, 0.2) is 42.5 Å². The predicted molar refractivity (Wildman–Crippen MR) is 138 cm³/mol. The molecule has 4 rings (SSSR count). The summed E-state index contributed by atoms with van der Waals surface area (Å²) in [5.74, 6) is 0. The van der Waals surface area contributed by atoms with Crippen LogP contribution in [0, 0.1) is 0 Å². The van der Waals surface area contributed by atoms with Crippen molar-refractivity contribution >= 4 is 17.4 Å². The Morgan fingerprint density at radius 3 is 1.90 bits per heavy atom. The van der Waals surface area contributed by atoms with E-state index in [-0.39, 0.29) is 12.1 Å². The second-order valence-electron chi connectivity index (χ2n) is 9.93. The fourth-order valence-electron chi connectivity index (χ4n) is 5.03. The zero-order valence-corrected chi connectivity index (χ0v) is 21.9. The predicted octanol–water partition coefficient (Wildman–Crippen LogP) is 5.60. The van der Waals surface area contributed by atoms with E-state index in [4.69, 9.17) is 0 Å². The normalized spacial score (nSPS) is 17.7. The lowest BCUT2D eigenvalue weighted by Gasteiger charge is -2.48. The smallest absolute Gasteiger partial charge is 0.372 e. The average molecular weight is 558 g/mol. The number of amides is 2. The van der Waals surface area contributed by atoms with Crippen molar-refractivity contribution in [3.8, 4) is 0 Å². The van der Waals surface area contributed by atoms with Gasteiger partial charge in [-0.2, -0.15) is 26.3 Å². The van der Waals surface area contributed by atoms with Gasteiger partial charge in [0, 0.05) is 76.3 Å². The lowest BCUT2D eigenvalue weighted by Crippen LogP contribution is -2.64. The van der Waals surface area contributed by atoms with Gasteiger partial charge in [0.1, 0.15) is 0 Å². The first-order valence-electron chi connectivity index (χ1n) is 13.0. The summed E-state index contributed by atoms with van der Waals surface area (Å²) in [6.07, 6.45) is -9.95. The zero-order chi connectivity index (χ0) is 28.4. The van der Waals surface area contributed by atoms with Gasteiger partial charge in [-0.25, -0.2) is 4.79 Å². The number of anilines is 2. The number of alkyl halides is 6. The first-order chi connectivity index (χ1) is 18.4. The van der Waals surface area contributed by atoms with Crippen molar-refractivity contribution in [2.75, 3.05) is 62.6 Å². The van der Waals surface area contributed by atoms with E-state index in [9.17, 15) is 31.1 Å². The molecule has 2 saturated heterocycles. The zero-order valence-electron chi connectivity index (χ0n) is 21.9. The molecule has 0 spiro atoms. The number of halogens is 6. The van der Waals surface area contributed by atoms with E-state index < -0.39 is 35.2 Å². The Morgan fingerprint density at radius 1 is 0.872 bits per heavy atom. The molecule has 2 amide bonds. The minimum absolute atomic E-state index is 0.0380. The molecule has 0 bridgehead atoms. The Bertz CT molecular complexity index is 1090. The second-order valence-corrected chi connectivity index (χ2v) is 9.93. The van der Waals surface area contributed by atoms with Crippen molar-refractivity contribution in [1.29, 1.82) is 0 Å².